The van der Waals surface area contributed by atoms with E-state index in [4.69, 9.17) is 16.9 Å². The van der Waals surface area contributed by atoms with Gasteiger partial charge in [-0.25, -0.2) is 0 Å². The highest BCUT2D eigenvalue weighted by molar-refractivity contribution is 6.31. The van der Waals surface area contributed by atoms with Gasteiger partial charge in [-0.05, 0) is 24.1 Å². The second-order valence-corrected chi connectivity index (χ2v) is 3.33. The molecule has 15 heavy (non-hydrogen) atoms. The number of hydrogen-bond acceptors (Lipinski definition) is 1. The minimum absolute atomic E-state index is 0.00628. The molecule has 0 atom stereocenters. The first kappa shape index (κ1) is 11.9. The fourth-order valence-electron chi connectivity index (χ4n) is 1.26. The van der Waals surface area contributed by atoms with E-state index in [0.29, 0.717) is 0 Å². The van der Waals surface area contributed by atoms with Crippen LogP contribution in [0.5, 0.6) is 0 Å². The fourth-order valence-corrected chi connectivity index (χ4v) is 1.53. The van der Waals surface area contributed by atoms with Crippen molar-refractivity contribution < 1.29 is 13.2 Å². The van der Waals surface area contributed by atoms with Gasteiger partial charge in [-0.15, -0.1) is 0 Å². The van der Waals surface area contributed by atoms with E-state index >= 15 is 0 Å². The molecule has 0 N–H and O–H groups in total. The zero-order valence-electron chi connectivity index (χ0n) is 7.61. The number of halogens is 4. The maximum Gasteiger partial charge on any atom is 0.416 e. The van der Waals surface area contributed by atoms with Crippen molar-refractivity contribution in [2.75, 3.05) is 0 Å². The molecule has 0 spiro atoms. The highest BCUT2D eigenvalue weighted by atomic mass is 35.5. The second kappa shape index (κ2) is 4.54. The lowest BCUT2D eigenvalue weighted by molar-refractivity contribution is -0.138. The molecule has 0 aliphatic heterocycles. The largest absolute Gasteiger partial charge is 0.416 e. The van der Waals surface area contributed by atoms with Crippen molar-refractivity contribution in [3.63, 3.8) is 0 Å². The summed E-state index contributed by atoms with van der Waals surface area (Å²) in [5.74, 6) is 0. The third kappa shape index (κ3) is 2.87. The van der Waals surface area contributed by atoms with E-state index in [1.807, 2.05) is 0 Å². The van der Waals surface area contributed by atoms with Crippen LogP contribution in [0.4, 0.5) is 13.2 Å². The van der Waals surface area contributed by atoms with Gasteiger partial charge in [0, 0.05) is 11.4 Å². The Morgan fingerprint density at radius 1 is 1.33 bits per heavy atom. The Bertz CT molecular complexity index is 393. The van der Waals surface area contributed by atoms with E-state index in [1.165, 1.54) is 12.1 Å². The molecule has 5 heteroatoms. The molecule has 0 heterocycles. The highest BCUT2D eigenvalue weighted by Gasteiger charge is 2.33. The van der Waals surface area contributed by atoms with Crippen molar-refractivity contribution >= 4 is 11.6 Å². The molecule has 0 aliphatic rings. The monoisotopic (exact) mass is 233 g/mol. The summed E-state index contributed by atoms with van der Waals surface area (Å²) in [5, 5.41) is 8.39. The molecule has 0 bridgehead atoms. The van der Waals surface area contributed by atoms with Gasteiger partial charge in [-0.1, -0.05) is 17.7 Å². The molecule has 1 aromatic rings. The average molecular weight is 234 g/mol. The van der Waals surface area contributed by atoms with Crippen molar-refractivity contribution in [1.29, 1.82) is 5.26 Å². The number of hydrogen-bond donors (Lipinski definition) is 0. The first-order valence-electron chi connectivity index (χ1n) is 4.18. The number of nitriles is 1. The molecule has 1 nitrogen and oxygen atoms in total. The fraction of sp³-hybridized carbons (Fsp3) is 0.300. The van der Waals surface area contributed by atoms with Crippen molar-refractivity contribution in [3.05, 3.63) is 34.3 Å². The lowest BCUT2D eigenvalue weighted by atomic mass is 10.0. The van der Waals surface area contributed by atoms with Crippen LogP contribution in [-0.4, -0.2) is 0 Å². The van der Waals surface area contributed by atoms with Crippen LogP contribution >= 0.6 is 11.6 Å². The molecule has 0 fully saturated rings. The van der Waals surface area contributed by atoms with Crippen LogP contribution in [0.15, 0.2) is 18.2 Å². The molecule has 0 unspecified atom stereocenters. The molecule has 0 saturated carbocycles. The number of benzene rings is 1. The third-order valence-corrected chi connectivity index (χ3v) is 2.27. The van der Waals surface area contributed by atoms with Gasteiger partial charge in [-0.3, -0.25) is 0 Å². The van der Waals surface area contributed by atoms with E-state index in [9.17, 15) is 13.2 Å². The predicted octanol–water partition coefficient (Wildman–Crippen LogP) is 3.81. The van der Waals surface area contributed by atoms with E-state index < -0.39 is 11.7 Å². The van der Waals surface area contributed by atoms with Crippen molar-refractivity contribution in [2.45, 2.75) is 19.0 Å². The van der Waals surface area contributed by atoms with Gasteiger partial charge in [0.2, 0.25) is 0 Å². The maximum absolute atomic E-state index is 12.5. The topological polar surface area (TPSA) is 23.8 Å². The SMILES string of the molecule is N#CCCc1c(Cl)cccc1C(F)(F)F. The molecule has 0 amide bonds. The van der Waals surface area contributed by atoms with Crippen LogP contribution in [0.25, 0.3) is 0 Å². The van der Waals surface area contributed by atoms with E-state index in [-0.39, 0.29) is 23.4 Å². The Morgan fingerprint density at radius 2 is 2.00 bits per heavy atom. The Kier molecular flexibility index (Phi) is 3.59. The number of alkyl halides is 3. The lowest BCUT2D eigenvalue weighted by Crippen LogP contribution is -2.09. The zero-order valence-corrected chi connectivity index (χ0v) is 8.36. The quantitative estimate of drug-likeness (QED) is 0.762. The summed E-state index contributed by atoms with van der Waals surface area (Å²) in [7, 11) is 0. The van der Waals surface area contributed by atoms with Crippen molar-refractivity contribution in [2.24, 2.45) is 0 Å². The van der Waals surface area contributed by atoms with Crippen molar-refractivity contribution in [3.8, 4) is 6.07 Å². The van der Waals surface area contributed by atoms with Crippen LogP contribution < -0.4 is 0 Å². The molecule has 0 aromatic heterocycles. The minimum Gasteiger partial charge on any atom is -0.198 e. The molecule has 0 radical (unpaired) electrons. The summed E-state index contributed by atoms with van der Waals surface area (Å²) in [6.45, 7) is 0. The van der Waals surface area contributed by atoms with Crippen LogP contribution in [0.3, 0.4) is 0 Å². The smallest absolute Gasteiger partial charge is 0.198 e. The summed E-state index contributed by atoms with van der Waals surface area (Å²) in [4.78, 5) is 0. The maximum atomic E-state index is 12.5. The van der Waals surface area contributed by atoms with Crippen LogP contribution in [0.1, 0.15) is 17.5 Å². The van der Waals surface area contributed by atoms with Crippen molar-refractivity contribution in [1.82, 2.24) is 0 Å². The van der Waals surface area contributed by atoms with Crippen LogP contribution in [0, 0.1) is 11.3 Å². The van der Waals surface area contributed by atoms with Gasteiger partial charge < -0.3 is 0 Å². The summed E-state index contributed by atoms with van der Waals surface area (Å²) >= 11 is 5.66. The standard InChI is InChI=1S/C10H7ClF3N/c11-9-5-1-4-8(10(12,13)14)7(9)3-2-6-15/h1,4-5H,2-3H2. The van der Waals surface area contributed by atoms with Gasteiger partial charge >= 0.3 is 6.18 Å². The van der Waals surface area contributed by atoms with Gasteiger partial charge in [0.05, 0.1) is 11.6 Å². The first-order chi connectivity index (χ1) is 6.96. The summed E-state index contributed by atoms with van der Waals surface area (Å²) < 4.78 is 37.5. The van der Waals surface area contributed by atoms with Gasteiger partial charge in [0.1, 0.15) is 0 Å². The molecular weight excluding hydrogens is 227 g/mol. The molecule has 0 aliphatic carbocycles. The average Bonchev–Trinajstić information content (AvgIpc) is 2.14. The minimum atomic E-state index is -4.42. The Balaban J connectivity index is 3.16. The van der Waals surface area contributed by atoms with E-state index in [0.717, 1.165) is 6.07 Å². The molecule has 80 valence electrons. The summed E-state index contributed by atoms with van der Waals surface area (Å²) in [6, 6.07) is 5.41. The lowest BCUT2D eigenvalue weighted by Gasteiger charge is -2.12. The third-order valence-electron chi connectivity index (χ3n) is 1.91. The Morgan fingerprint density at radius 3 is 2.53 bits per heavy atom. The highest BCUT2D eigenvalue weighted by Crippen LogP contribution is 2.35. The zero-order chi connectivity index (χ0) is 11.5. The van der Waals surface area contributed by atoms with E-state index in [1.54, 1.807) is 6.07 Å². The van der Waals surface area contributed by atoms with Crippen LogP contribution in [-0.2, 0) is 12.6 Å². The number of nitrogens with zero attached hydrogens (tertiary/aromatic N) is 1. The summed E-state index contributed by atoms with van der Waals surface area (Å²) in [5.41, 5.74) is -0.765. The van der Waals surface area contributed by atoms with Gasteiger partial charge in [0.25, 0.3) is 0 Å². The summed E-state index contributed by atoms with van der Waals surface area (Å²) in [6.07, 6.45) is -4.38. The van der Waals surface area contributed by atoms with Gasteiger partial charge in [-0.2, -0.15) is 18.4 Å². The van der Waals surface area contributed by atoms with E-state index in [2.05, 4.69) is 0 Å². The molecule has 1 rings (SSSR count). The second-order valence-electron chi connectivity index (χ2n) is 2.92. The first-order valence-corrected chi connectivity index (χ1v) is 4.56. The van der Waals surface area contributed by atoms with Gasteiger partial charge in [0.15, 0.2) is 0 Å². The normalized spacial score (nSPS) is 11.1. The number of rotatable bonds is 2. The molecule has 0 saturated heterocycles. The predicted molar refractivity (Wildman–Crippen MR) is 50.4 cm³/mol. The van der Waals surface area contributed by atoms with Crippen LogP contribution in [0.2, 0.25) is 5.02 Å². The Labute approximate surface area is 90.1 Å². The molecular formula is C10H7ClF3N. The molecule has 1 aromatic carbocycles. The Hall–Kier alpha value is -1.21.